The van der Waals surface area contributed by atoms with Crippen molar-refractivity contribution in [2.75, 3.05) is 11.9 Å². The number of hydrogen-bond acceptors (Lipinski definition) is 3. The summed E-state index contributed by atoms with van der Waals surface area (Å²) in [4.78, 5) is 1.31. The van der Waals surface area contributed by atoms with Gasteiger partial charge in [0.2, 0.25) is 0 Å². The van der Waals surface area contributed by atoms with Crippen molar-refractivity contribution in [2.24, 2.45) is 0 Å². The molecule has 0 fully saturated rings. The molecular formula is C14H16BrNOS. The third-order valence-electron chi connectivity index (χ3n) is 2.59. The normalized spacial score (nSPS) is 10.4. The number of aryl methyl sites for hydroxylation is 1. The van der Waals surface area contributed by atoms with Crippen LogP contribution in [-0.4, -0.2) is 6.61 Å². The summed E-state index contributed by atoms with van der Waals surface area (Å²) in [7, 11) is 0. The minimum Gasteiger partial charge on any atom is -0.494 e. The average Bonchev–Trinajstić information content (AvgIpc) is 2.74. The molecule has 2 nitrogen and oxygen atoms in total. The van der Waals surface area contributed by atoms with Crippen LogP contribution in [-0.2, 0) is 6.54 Å². The van der Waals surface area contributed by atoms with E-state index in [-0.39, 0.29) is 0 Å². The van der Waals surface area contributed by atoms with Gasteiger partial charge in [-0.1, -0.05) is 0 Å². The van der Waals surface area contributed by atoms with Crippen molar-refractivity contribution in [3.8, 4) is 5.75 Å². The zero-order valence-corrected chi connectivity index (χ0v) is 12.9. The molecule has 96 valence electrons. The Morgan fingerprint density at radius 2 is 2.11 bits per heavy atom. The Morgan fingerprint density at radius 1 is 1.28 bits per heavy atom. The van der Waals surface area contributed by atoms with E-state index in [0.29, 0.717) is 6.61 Å². The van der Waals surface area contributed by atoms with Crippen LogP contribution < -0.4 is 10.1 Å². The van der Waals surface area contributed by atoms with Crippen molar-refractivity contribution >= 4 is 33.0 Å². The molecule has 0 amide bonds. The predicted molar refractivity (Wildman–Crippen MR) is 81.7 cm³/mol. The Hall–Kier alpha value is -1.00. The largest absolute Gasteiger partial charge is 0.494 e. The summed E-state index contributed by atoms with van der Waals surface area (Å²) in [5, 5.41) is 3.45. The summed E-state index contributed by atoms with van der Waals surface area (Å²) >= 11 is 5.23. The molecule has 4 heteroatoms. The Balaban J connectivity index is 2.01. The van der Waals surface area contributed by atoms with Gasteiger partial charge in [0.25, 0.3) is 0 Å². The molecule has 0 saturated heterocycles. The molecule has 0 aliphatic carbocycles. The molecule has 0 unspecified atom stereocenters. The second kappa shape index (κ2) is 6.25. The number of halogens is 1. The van der Waals surface area contributed by atoms with E-state index in [9.17, 15) is 0 Å². The second-order valence-electron chi connectivity index (χ2n) is 3.97. The molecule has 0 aliphatic rings. The maximum Gasteiger partial charge on any atom is 0.119 e. The van der Waals surface area contributed by atoms with Crippen LogP contribution in [0.4, 0.5) is 5.69 Å². The Labute approximate surface area is 120 Å². The van der Waals surface area contributed by atoms with Gasteiger partial charge in [-0.3, -0.25) is 0 Å². The highest BCUT2D eigenvalue weighted by atomic mass is 79.9. The molecule has 0 bridgehead atoms. The number of thiophene rings is 1. The summed E-state index contributed by atoms with van der Waals surface area (Å²) in [6.07, 6.45) is 0. The molecule has 0 aliphatic heterocycles. The lowest BCUT2D eigenvalue weighted by Crippen LogP contribution is -2.00. The molecule has 0 atom stereocenters. The van der Waals surface area contributed by atoms with Crippen molar-refractivity contribution in [3.05, 3.63) is 44.6 Å². The van der Waals surface area contributed by atoms with Gasteiger partial charge in [-0.25, -0.2) is 0 Å². The molecule has 18 heavy (non-hydrogen) atoms. The standard InChI is InChI=1S/C14H16BrNOS/c1-3-17-11-4-6-13(10(2)8-11)16-9-12-5-7-14(15)18-12/h4-8,16H,3,9H2,1-2H3. The van der Waals surface area contributed by atoms with E-state index in [1.807, 2.05) is 13.0 Å². The molecule has 0 saturated carbocycles. The predicted octanol–water partition coefficient (Wildman–Crippen LogP) is 4.83. The topological polar surface area (TPSA) is 21.3 Å². The molecular weight excluding hydrogens is 310 g/mol. The molecule has 1 N–H and O–H groups in total. The highest BCUT2D eigenvalue weighted by Gasteiger charge is 2.02. The zero-order valence-electron chi connectivity index (χ0n) is 10.5. The van der Waals surface area contributed by atoms with E-state index >= 15 is 0 Å². The van der Waals surface area contributed by atoms with Crippen LogP contribution >= 0.6 is 27.3 Å². The number of rotatable bonds is 5. The van der Waals surface area contributed by atoms with Crippen LogP contribution in [0.3, 0.4) is 0 Å². The summed E-state index contributed by atoms with van der Waals surface area (Å²) in [5.74, 6) is 0.930. The summed E-state index contributed by atoms with van der Waals surface area (Å²) in [6.45, 7) is 5.64. The minimum absolute atomic E-state index is 0.704. The third-order valence-corrected chi connectivity index (χ3v) is 4.21. The highest BCUT2D eigenvalue weighted by Crippen LogP contribution is 2.25. The van der Waals surface area contributed by atoms with Gasteiger partial charge in [-0.05, 0) is 65.7 Å². The zero-order chi connectivity index (χ0) is 13.0. The van der Waals surface area contributed by atoms with Crippen LogP contribution in [0.5, 0.6) is 5.75 Å². The first-order chi connectivity index (χ1) is 8.69. The summed E-state index contributed by atoms with van der Waals surface area (Å²) < 4.78 is 6.65. The number of benzene rings is 1. The van der Waals surface area contributed by atoms with Crippen molar-refractivity contribution in [3.63, 3.8) is 0 Å². The monoisotopic (exact) mass is 325 g/mol. The first-order valence-corrected chi connectivity index (χ1v) is 7.51. The first-order valence-electron chi connectivity index (χ1n) is 5.90. The molecule has 2 aromatic rings. The van der Waals surface area contributed by atoms with E-state index < -0.39 is 0 Å². The Kier molecular flexibility index (Phi) is 4.66. The van der Waals surface area contributed by atoms with Crippen LogP contribution in [0.15, 0.2) is 34.1 Å². The SMILES string of the molecule is CCOc1ccc(NCc2ccc(Br)s2)c(C)c1. The molecule has 2 rings (SSSR count). The summed E-state index contributed by atoms with van der Waals surface area (Å²) in [5.41, 5.74) is 2.36. The number of anilines is 1. The van der Waals surface area contributed by atoms with E-state index in [2.05, 4.69) is 52.4 Å². The van der Waals surface area contributed by atoms with E-state index in [4.69, 9.17) is 4.74 Å². The number of nitrogens with one attached hydrogen (secondary N) is 1. The molecule has 1 aromatic carbocycles. The molecule has 0 spiro atoms. The molecule has 1 aromatic heterocycles. The van der Waals surface area contributed by atoms with Crippen molar-refractivity contribution in [2.45, 2.75) is 20.4 Å². The van der Waals surface area contributed by atoms with Crippen LogP contribution in [0.1, 0.15) is 17.4 Å². The second-order valence-corrected chi connectivity index (χ2v) is 6.52. The van der Waals surface area contributed by atoms with Gasteiger partial charge in [0.15, 0.2) is 0 Å². The van der Waals surface area contributed by atoms with Crippen LogP contribution in [0.2, 0.25) is 0 Å². The van der Waals surface area contributed by atoms with Crippen LogP contribution in [0.25, 0.3) is 0 Å². The van der Waals surface area contributed by atoms with Gasteiger partial charge in [0.1, 0.15) is 5.75 Å². The van der Waals surface area contributed by atoms with Gasteiger partial charge in [-0.2, -0.15) is 0 Å². The fraction of sp³-hybridized carbons (Fsp3) is 0.286. The van der Waals surface area contributed by atoms with Crippen LogP contribution in [0, 0.1) is 6.92 Å². The first kappa shape index (κ1) is 13.4. The van der Waals surface area contributed by atoms with Crippen molar-refractivity contribution in [1.82, 2.24) is 0 Å². The third kappa shape index (κ3) is 3.50. The van der Waals surface area contributed by atoms with E-state index in [1.165, 1.54) is 14.2 Å². The average molecular weight is 326 g/mol. The van der Waals surface area contributed by atoms with E-state index in [0.717, 1.165) is 18.0 Å². The van der Waals surface area contributed by atoms with Crippen molar-refractivity contribution < 1.29 is 4.74 Å². The fourth-order valence-corrected chi connectivity index (χ4v) is 3.14. The summed E-state index contributed by atoms with van der Waals surface area (Å²) in [6, 6.07) is 10.3. The van der Waals surface area contributed by atoms with Gasteiger partial charge >= 0.3 is 0 Å². The molecule has 1 heterocycles. The highest BCUT2D eigenvalue weighted by molar-refractivity contribution is 9.11. The number of ether oxygens (including phenoxy) is 1. The quantitative estimate of drug-likeness (QED) is 0.850. The minimum atomic E-state index is 0.704. The van der Waals surface area contributed by atoms with Gasteiger partial charge in [0.05, 0.1) is 10.4 Å². The maximum absolute atomic E-state index is 5.48. The van der Waals surface area contributed by atoms with Gasteiger partial charge in [0, 0.05) is 17.1 Å². The van der Waals surface area contributed by atoms with Gasteiger partial charge < -0.3 is 10.1 Å². The lowest BCUT2D eigenvalue weighted by atomic mass is 10.2. The van der Waals surface area contributed by atoms with Gasteiger partial charge in [-0.15, -0.1) is 11.3 Å². The fourth-order valence-electron chi connectivity index (χ4n) is 1.72. The van der Waals surface area contributed by atoms with E-state index in [1.54, 1.807) is 11.3 Å². The molecule has 0 radical (unpaired) electrons. The Morgan fingerprint density at radius 3 is 2.72 bits per heavy atom. The van der Waals surface area contributed by atoms with Crippen molar-refractivity contribution in [1.29, 1.82) is 0 Å². The smallest absolute Gasteiger partial charge is 0.119 e. The Bertz CT molecular complexity index is 524. The number of hydrogen-bond donors (Lipinski definition) is 1. The maximum atomic E-state index is 5.48. The lowest BCUT2D eigenvalue weighted by Gasteiger charge is -2.10. The lowest BCUT2D eigenvalue weighted by molar-refractivity contribution is 0.340.